The second-order valence-electron chi connectivity index (χ2n) is 7.76. The third-order valence-electron chi connectivity index (χ3n) is 5.65. The van der Waals surface area contributed by atoms with Gasteiger partial charge in [-0.25, -0.2) is 9.79 Å². The van der Waals surface area contributed by atoms with Crippen LogP contribution in [0.2, 0.25) is 0 Å². The molecule has 176 valence electrons. The van der Waals surface area contributed by atoms with Gasteiger partial charge in [0.1, 0.15) is 5.75 Å². The van der Waals surface area contributed by atoms with Crippen molar-refractivity contribution in [1.82, 2.24) is 4.57 Å². The maximum absolute atomic E-state index is 13.7. The fourth-order valence-electron chi connectivity index (χ4n) is 4.05. The monoisotopic (exact) mass is 502 g/mol. The van der Waals surface area contributed by atoms with E-state index in [2.05, 4.69) is 0 Å². The molecule has 0 unspecified atom stereocenters. The zero-order chi connectivity index (χ0) is 24.4. The zero-order valence-corrected chi connectivity index (χ0v) is 20.8. The minimum absolute atomic E-state index is 0.199. The number of thiophene rings is 1. The SMILES string of the molecule is CCOC(=O)C1=C(c2ccccc2)N=c2s/c(=C/c3ccsc3)c(=O)n2[C@H]1c1ccc(OC)cc1. The predicted octanol–water partition coefficient (Wildman–Crippen LogP) is 4.01. The maximum Gasteiger partial charge on any atom is 0.338 e. The highest BCUT2D eigenvalue weighted by Gasteiger charge is 2.35. The molecule has 2 aromatic heterocycles. The van der Waals surface area contributed by atoms with Gasteiger partial charge in [0.15, 0.2) is 4.80 Å². The quantitative estimate of drug-likeness (QED) is 0.374. The van der Waals surface area contributed by atoms with Crippen LogP contribution in [0.15, 0.2) is 86.8 Å². The number of hydrogen-bond donors (Lipinski definition) is 0. The topological polar surface area (TPSA) is 69.9 Å². The van der Waals surface area contributed by atoms with E-state index >= 15 is 0 Å². The van der Waals surface area contributed by atoms with Crippen LogP contribution in [0.1, 0.15) is 29.7 Å². The van der Waals surface area contributed by atoms with E-state index in [9.17, 15) is 9.59 Å². The van der Waals surface area contributed by atoms with Gasteiger partial charge in [0.25, 0.3) is 5.56 Å². The normalized spacial score (nSPS) is 15.5. The van der Waals surface area contributed by atoms with Crippen LogP contribution in [0.4, 0.5) is 0 Å². The number of fused-ring (bicyclic) bond motifs is 1. The summed E-state index contributed by atoms with van der Waals surface area (Å²) in [4.78, 5) is 32.5. The number of nitrogens with zero attached hydrogens (tertiary/aromatic N) is 2. The van der Waals surface area contributed by atoms with E-state index < -0.39 is 12.0 Å². The fraction of sp³-hybridized carbons (Fsp3) is 0.148. The number of esters is 1. The highest BCUT2D eigenvalue weighted by Crippen LogP contribution is 2.35. The summed E-state index contributed by atoms with van der Waals surface area (Å²) < 4.78 is 13.0. The van der Waals surface area contributed by atoms with E-state index in [0.29, 0.717) is 26.4 Å². The van der Waals surface area contributed by atoms with Crippen molar-refractivity contribution in [3.63, 3.8) is 0 Å². The van der Waals surface area contributed by atoms with Gasteiger partial charge in [-0.05, 0) is 53.1 Å². The number of thiazole rings is 1. The molecule has 1 atom stereocenters. The summed E-state index contributed by atoms with van der Waals surface area (Å²) in [6, 6.07) is 18.2. The van der Waals surface area contributed by atoms with Gasteiger partial charge in [-0.1, -0.05) is 53.8 Å². The average Bonchev–Trinajstić information content (AvgIpc) is 3.51. The summed E-state index contributed by atoms with van der Waals surface area (Å²) in [5.74, 6) is 0.187. The summed E-state index contributed by atoms with van der Waals surface area (Å²) in [6.07, 6.45) is 1.86. The molecule has 1 aliphatic rings. The molecular formula is C27H22N2O4S2. The molecule has 1 aliphatic heterocycles. The van der Waals surface area contributed by atoms with Crippen LogP contribution in [-0.2, 0) is 9.53 Å². The van der Waals surface area contributed by atoms with Gasteiger partial charge in [0.2, 0.25) is 0 Å². The van der Waals surface area contributed by atoms with E-state index in [-0.39, 0.29) is 12.2 Å². The largest absolute Gasteiger partial charge is 0.497 e. The Balaban J connectivity index is 1.83. The highest BCUT2D eigenvalue weighted by molar-refractivity contribution is 7.08. The summed E-state index contributed by atoms with van der Waals surface area (Å²) in [7, 11) is 1.60. The molecule has 0 fully saturated rings. The predicted molar refractivity (Wildman–Crippen MR) is 138 cm³/mol. The van der Waals surface area contributed by atoms with Gasteiger partial charge in [-0.3, -0.25) is 9.36 Å². The van der Waals surface area contributed by atoms with Crippen LogP contribution >= 0.6 is 22.7 Å². The molecule has 2 aromatic carbocycles. The Hall–Kier alpha value is -3.75. The van der Waals surface area contributed by atoms with Crippen molar-refractivity contribution < 1.29 is 14.3 Å². The lowest BCUT2D eigenvalue weighted by molar-refractivity contribution is -0.138. The lowest BCUT2D eigenvalue weighted by Crippen LogP contribution is -2.40. The first-order valence-electron chi connectivity index (χ1n) is 11.1. The molecule has 0 aliphatic carbocycles. The van der Waals surface area contributed by atoms with Gasteiger partial charge in [0.05, 0.1) is 35.6 Å². The molecule has 5 rings (SSSR count). The lowest BCUT2D eigenvalue weighted by Gasteiger charge is -2.26. The summed E-state index contributed by atoms with van der Waals surface area (Å²) in [5, 5.41) is 3.95. The van der Waals surface area contributed by atoms with Crippen LogP contribution in [0.25, 0.3) is 11.8 Å². The minimum atomic E-state index is -0.698. The van der Waals surface area contributed by atoms with Crippen molar-refractivity contribution in [3.8, 4) is 5.75 Å². The average molecular weight is 503 g/mol. The molecule has 0 bridgehead atoms. The Morgan fingerprint density at radius 3 is 2.54 bits per heavy atom. The van der Waals surface area contributed by atoms with E-state index in [1.165, 1.54) is 11.3 Å². The third kappa shape index (κ3) is 4.38. The number of carbonyl (C=O) groups excluding carboxylic acids is 1. The first-order chi connectivity index (χ1) is 17.1. The smallest absolute Gasteiger partial charge is 0.338 e. The summed E-state index contributed by atoms with van der Waals surface area (Å²) in [6.45, 7) is 1.97. The van der Waals surface area contributed by atoms with Crippen molar-refractivity contribution >= 4 is 40.4 Å². The van der Waals surface area contributed by atoms with Gasteiger partial charge in [-0.2, -0.15) is 11.3 Å². The van der Waals surface area contributed by atoms with Gasteiger partial charge >= 0.3 is 5.97 Å². The summed E-state index contributed by atoms with van der Waals surface area (Å²) >= 11 is 2.88. The number of ether oxygens (including phenoxy) is 2. The number of methoxy groups -OCH3 is 1. The van der Waals surface area contributed by atoms with E-state index in [0.717, 1.165) is 16.7 Å². The molecule has 4 aromatic rings. The number of carbonyl (C=O) groups is 1. The van der Waals surface area contributed by atoms with Gasteiger partial charge < -0.3 is 9.47 Å². The van der Waals surface area contributed by atoms with Crippen LogP contribution in [0, 0.1) is 0 Å². The molecule has 35 heavy (non-hydrogen) atoms. The second-order valence-corrected chi connectivity index (χ2v) is 9.55. The standard InChI is InChI=1S/C27H22N2O4S2/c1-3-33-26(31)22-23(18-7-5-4-6-8-18)28-27-29(24(22)19-9-11-20(32-2)12-10-19)25(30)21(35-27)15-17-13-14-34-16-17/h4-16,24H,3H2,1-2H3/b21-15+/t24-/m0/s1. The number of aromatic nitrogens is 1. The molecule has 3 heterocycles. The number of rotatable bonds is 6. The van der Waals surface area contributed by atoms with Crippen molar-refractivity contribution in [3.05, 3.63) is 113 Å². The van der Waals surface area contributed by atoms with Crippen LogP contribution in [-0.4, -0.2) is 24.3 Å². The van der Waals surface area contributed by atoms with Crippen molar-refractivity contribution in [2.24, 2.45) is 4.99 Å². The third-order valence-corrected chi connectivity index (χ3v) is 7.33. The molecular weight excluding hydrogens is 480 g/mol. The maximum atomic E-state index is 13.7. The van der Waals surface area contributed by atoms with E-state index in [1.807, 2.05) is 77.5 Å². The second kappa shape index (κ2) is 9.85. The van der Waals surface area contributed by atoms with Crippen LogP contribution in [0.3, 0.4) is 0 Å². The molecule has 0 spiro atoms. The minimum Gasteiger partial charge on any atom is -0.497 e. The van der Waals surface area contributed by atoms with E-state index in [1.54, 1.807) is 29.9 Å². The summed E-state index contributed by atoms with van der Waals surface area (Å²) in [5.41, 5.74) is 3.14. The first kappa shape index (κ1) is 23.0. The van der Waals surface area contributed by atoms with E-state index in [4.69, 9.17) is 14.5 Å². The molecule has 6 nitrogen and oxygen atoms in total. The fourth-order valence-corrected chi connectivity index (χ4v) is 5.67. The molecule has 0 N–H and O–H groups in total. The number of benzene rings is 2. The highest BCUT2D eigenvalue weighted by atomic mass is 32.1. The molecule has 0 saturated heterocycles. The first-order valence-corrected chi connectivity index (χ1v) is 12.8. The van der Waals surface area contributed by atoms with Gasteiger partial charge in [-0.15, -0.1) is 0 Å². The molecule has 8 heteroatoms. The van der Waals surface area contributed by atoms with Gasteiger partial charge in [0, 0.05) is 5.56 Å². The van der Waals surface area contributed by atoms with Crippen molar-refractivity contribution in [2.75, 3.05) is 13.7 Å². The molecule has 0 radical (unpaired) electrons. The van der Waals surface area contributed by atoms with Crippen molar-refractivity contribution in [2.45, 2.75) is 13.0 Å². The molecule has 0 saturated carbocycles. The Labute approximate surface area is 209 Å². The van der Waals surface area contributed by atoms with Crippen LogP contribution in [0.5, 0.6) is 5.75 Å². The number of hydrogen-bond acceptors (Lipinski definition) is 7. The van der Waals surface area contributed by atoms with Crippen LogP contribution < -0.4 is 19.6 Å². The van der Waals surface area contributed by atoms with Crippen molar-refractivity contribution in [1.29, 1.82) is 0 Å². The zero-order valence-electron chi connectivity index (χ0n) is 19.1. The lowest BCUT2D eigenvalue weighted by atomic mass is 9.93. The Bertz CT molecular complexity index is 1560. The Morgan fingerprint density at radius 2 is 1.89 bits per heavy atom. The Kier molecular flexibility index (Phi) is 6.48. The molecule has 0 amide bonds. The Morgan fingerprint density at radius 1 is 1.11 bits per heavy atom.